The van der Waals surface area contributed by atoms with Crippen LogP contribution in [0.5, 0.6) is 0 Å². The van der Waals surface area contributed by atoms with Crippen molar-refractivity contribution in [2.24, 2.45) is 5.92 Å². The molecule has 3 nitrogen and oxygen atoms in total. The van der Waals surface area contributed by atoms with Crippen LogP contribution in [0.1, 0.15) is 13.8 Å². The summed E-state index contributed by atoms with van der Waals surface area (Å²) in [6.07, 6.45) is 3.59. The van der Waals surface area contributed by atoms with E-state index >= 15 is 0 Å². The fraction of sp³-hybridized carbons (Fsp3) is 0.364. The smallest absolute Gasteiger partial charge is 0.113 e. The van der Waals surface area contributed by atoms with Crippen LogP contribution in [-0.2, 0) is 0 Å². The Morgan fingerprint density at radius 1 is 1.40 bits per heavy atom. The average Bonchev–Trinajstić information content (AvgIpc) is 2.26. The van der Waals surface area contributed by atoms with Crippen molar-refractivity contribution in [2.75, 3.05) is 5.75 Å². The van der Waals surface area contributed by atoms with Crippen LogP contribution in [0.2, 0.25) is 0 Å². The Morgan fingerprint density at radius 2 is 2.27 bits per heavy atom. The van der Waals surface area contributed by atoms with Crippen LogP contribution < -0.4 is 0 Å². The predicted octanol–water partition coefficient (Wildman–Crippen LogP) is 2.77. The molecule has 0 amide bonds. The van der Waals surface area contributed by atoms with Crippen molar-refractivity contribution in [3.05, 3.63) is 24.5 Å². The van der Waals surface area contributed by atoms with Gasteiger partial charge < -0.3 is 0 Å². The van der Waals surface area contributed by atoms with Crippen molar-refractivity contribution in [1.82, 2.24) is 15.2 Å². The van der Waals surface area contributed by atoms with Crippen LogP contribution in [0.4, 0.5) is 0 Å². The van der Waals surface area contributed by atoms with E-state index in [1.807, 2.05) is 12.1 Å². The topological polar surface area (TPSA) is 38.7 Å². The zero-order valence-electron chi connectivity index (χ0n) is 8.84. The van der Waals surface area contributed by atoms with Crippen molar-refractivity contribution in [3.8, 4) is 0 Å². The summed E-state index contributed by atoms with van der Waals surface area (Å²) in [5.41, 5.74) is 1.82. The first-order valence-electron chi connectivity index (χ1n) is 4.96. The molecule has 0 N–H and O–H groups in total. The lowest BCUT2D eigenvalue weighted by molar-refractivity contribution is 0.750. The molecule has 2 rings (SSSR count). The number of fused-ring (bicyclic) bond motifs is 1. The van der Waals surface area contributed by atoms with E-state index in [1.165, 1.54) is 0 Å². The maximum atomic E-state index is 4.34. The zero-order valence-corrected chi connectivity index (χ0v) is 9.66. The summed E-state index contributed by atoms with van der Waals surface area (Å²) in [6, 6.07) is 3.82. The van der Waals surface area contributed by atoms with E-state index in [9.17, 15) is 0 Å². The first-order chi connectivity index (χ1) is 7.27. The average molecular weight is 219 g/mol. The number of thioether (sulfide) groups is 1. The molecule has 0 bridgehead atoms. The molecule has 0 fully saturated rings. The highest BCUT2D eigenvalue weighted by Gasteiger charge is 2.05. The maximum Gasteiger partial charge on any atom is 0.113 e. The SMILES string of the molecule is CC(C)CSc1cnnc2cccnc12. The molecule has 0 aliphatic carbocycles. The summed E-state index contributed by atoms with van der Waals surface area (Å²) in [4.78, 5) is 5.46. The predicted molar refractivity (Wildman–Crippen MR) is 62.9 cm³/mol. The number of aromatic nitrogens is 3. The van der Waals surface area contributed by atoms with Crippen LogP contribution >= 0.6 is 11.8 Å². The Bertz CT molecular complexity index is 451. The molecule has 0 unspecified atom stereocenters. The first kappa shape index (κ1) is 10.4. The van der Waals surface area contributed by atoms with E-state index in [-0.39, 0.29) is 0 Å². The Morgan fingerprint density at radius 3 is 3.07 bits per heavy atom. The van der Waals surface area contributed by atoms with Crippen LogP contribution in [0, 0.1) is 5.92 Å². The fourth-order valence-electron chi connectivity index (χ4n) is 1.23. The minimum atomic E-state index is 0.668. The third-order valence-electron chi connectivity index (χ3n) is 1.93. The molecule has 78 valence electrons. The molecule has 2 heterocycles. The van der Waals surface area contributed by atoms with E-state index in [0.29, 0.717) is 5.92 Å². The number of pyridine rings is 1. The van der Waals surface area contributed by atoms with Gasteiger partial charge in [0.25, 0.3) is 0 Å². The summed E-state index contributed by atoms with van der Waals surface area (Å²) in [6.45, 7) is 4.41. The highest BCUT2D eigenvalue weighted by atomic mass is 32.2. The van der Waals surface area contributed by atoms with Gasteiger partial charge in [0.15, 0.2) is 0 Å². The Balaban J connectivity index is 2.34. The van der Waals surface area contributed by atoms with Gasteiger partial charge in [-0.2, -0.15) is 5.10 Å². The van der Waals surface area contributed by atoms with Crippen LogP contribution in [-0.4, -0.2) is 20.9 Å². The monoisotopic (exact) mass is 219 g/mol. The number of hydrogen-bond acceptors (Lipinski definition) is 4. The zero-order chi connectivity index (χ0) is 10.7. The molecule has 0 atom stereocenters. The molecular formula is C11H13N3S. The van der Waals surface area contributed by atoms with Gasteiger partial charge in [0, 0.05) is 11.9 Å². The van der Waals surface area contributed by atoms with E-state index in [1.54, 1.807) is 24.2 Å². The van der Waals surface area contributed by atoms with E-state index in [4.69, 9.17) is 0 Å². The number of rotatable bonds is 3. The highest BCUT2D eigenvalue weighted by Crippen LogP contribution is 2.25. The van der Waals surface area contributed by atoms with Gasteiger partial charge in [-0.3, -0.25) is 4.98 Å². The van der Waals surface area contributed by atoms with Gasteiger partial charge in [-0.25, -0.2) is 0 Å². The van der Waals surface area contributed by atoms with Crippen LogP contribution in [0.15, 0.2) is 29.4 Å². The summed E-state index contributed by atoms with van der Waals surface area (Å²) >= 11 is 1.79. The van der Waals surface area contributed by atoms with Gasteiger partial charge in [-0.15, -0.1) is 16.9 Å². The molecule has 0 saturated carbocycles. The van der Waals surface area contributed by atoms with Crippen molar-refractivity contribution in [3.63, 3.8) is 0 Å². The van der Waals surface area contributed by atoms with Crippen molar-refractivity contribution in [2.45, 2.75) is 18.7 Å². The van der Waals surface area contributed by atoms with Crippen molar-refractivity contribution < 1.29 is 0 Å². The molecule has 2 aromatic rings. The second-order valence-corrected chi connectivity index (χ2v) is 4.85. The molecule has 0 aliphatic rings. The van der Waals surface area contributed by atoms with E-state index < -0.39 is 0 Å². The summed E-state index contributed by atoms with van der Waals surface area (Å²) in [5, 5.41) is 8.02. The maximum absolute atomic E-state index is 4.34. The Labute approximate surface area is 93.3 Å². The minimum Gasteiger partial charge on any atom is -0.253 e. The van der Waals surface area contributed by atoms with Crippen molar-refractivity contribution >= 4 is 22.8 Å². The lowest BCUT2D eigenvalue weighted by Crippen LogP contribution is -1.93. The van der Waals surface area contributed by atoms with E-state index in [2.05, 4.69) is 29.0 Å². The second-order valence-electron chi connectivity index (χ2n) is 3.78. The molecule has 0 spiro atoms. The van der Waals surface area contributed by atoms with Crippen LogP contribution in [0.25, 0.3) is 11.0 Å². The molecule has 2 aromatic heterocycles. The molecule has 0 radical (unpaired) electrons. The van der Waals surface area contributed by atoms with Gasteiger partial charge in [0.05, 0.1) is 11.1 Å². The van der Waals surface area contributed by atoms with Crippen molar-refractivity contribution in [1.29, 1.82) is 0 Å². The van der Waals surface area contributed by atoms with Crippen LogP contribution in [0.3, 0.4) is 0 Å². The number of hydrogen-bond donors (Lipinski definition) is 0. The van der Waals surface area contributed by atoms with Gasteiger partial charge in [0.2, 0.25) is 0 Å². The van der Waals surface area contributed by atoms with Gasteiger partial charge in [-0.1, -0.05) is 13.8 Å². The molecule has 4 heteroatoms. The highest BCUT2D eigenvalue weighted by molar-refractivity contribution is 7.99. The fourth-order valence-corrected chi connectivity index (χ4v) is 2.16. The lowest BCUT2D eigenvalue weighted by atomic mass is 10.3. The molecule has 15 heavy (non-hydrogen) atoms. The largest absolute Gasteiger partial charge is 0.253 e. The first-order valence-corrected chi connectivity index (χ1v) is 5.95. The molecule has 0 aromatic carbocycles. The Hall–Kier alpha value is -1.16. The quantitative estimate of drug-likeness (QED) is 0.744. The standard InChI is InChI=1S/C11H13N3S/c1-8(2)7-15-10-6-13-14-9-4-3-5-12-11(9)10/h3-6,8H,7H2,1-2H3. The second kappa shape index (κ2) is 4.57. The summed E-state index contributed by atoms with van der Waals surface area (Å²) < 4.78 is 0. The van der Waals surface area contributed by atoms with E-state index in [0.717, 1.165) is 21.7 Å². The molecular weight excluding hydrogens is 206 g/mol. The molecule has 0 aliphatic heterocycles. The normalized spacial score (nSPS) is 11.1. The van der Waals surface area contributed by atoms with Gasteiger partial charge in [-0.05, 0) is 18.1 Å². The minimum absolute atomic E-state index is 0.668. The van der Waals surface area contributed by atoms with Gasteiger partial charge in [0.1, 0.15) is 11.0 Å². The third kappa shape index (κ3) is 2.45. The third-order valence-corrected chi connectivity index (χ3v) is 3.38. The number of nitrogens with zero attached hydrogens (tertiary/aromatic N) is 3. The Kier molecular flexibility index (Phi) is 3.16. The summed E-state index contributed by atoms with van der Waals surface area (Å²) in [7, 11) is 0. The summed E-state index contributed by atoms with van der Waals surface area (Å²) in [5.74, 6) is 1.75. The lowest BCUT2D eigenvalue weighted by Gasteiger charge is -2.05. The van der Waals surface area contributed by atoms with Gasteiger partial charge >= 0.3 is 0 Å². The molecule has 0 saturated heterocycles.